The number of aliphatic hydroxyl groups excluding tert-OH is 1. The van der Waals surface area contributed by atoms with Gasteiger partial charge in [0, 0.05) is 28.1 Å². The SMILES string of the molecule is CC(C)(CO)[C@H](N)c1cc(Br)cc(Cl)c1O.Cl. The Kier molecular flexibility index (Phi) is 6.25. The minimum Gasteiger partial charge on any atom is -0.506 e. The standard InChI is InChI=1S/C11H15BrClNO2.ClH/c1-11(2,5-15)10(14)7-3-6(12)4-8(13)9(7)16;/h3-4,10,15-16H,5,14H2,1-2H3;1H/t10-;/m1./s1. The Morgan fingerprint density at radius 2 is 2.00 bits per heavy atom. The van der Waals surface area contributed by atoms with E-state index in [0.29, 0.717) is 5.56 Å². The maximum absolute atomic E-state index is 9.84. The summed E-state index contributed by atoms with van der Waals surface area (Å²) in [6, 6.07) is 2.81. The van der Waals surface area contributed by atoms with Crippen LogP contribution in [0, 0.1) is 5.41 Å². The van der Waals surface area contributed by atoms with Gasteiger partial charge in [-0.25, -0.2) is 0 Å². The fraction of sp³-hybridized carbons (Fsp3) is 0.455. The van der Waals surface area contributed by atoms with E-state index < -0.39 is 11.5 Å². The smallest absolute Gasteiger partial charge is 0.139 e. The number of phenols is 1. The lowest BCUT2D eigenvalue weighted by atomic mass is 9.81. The van der Waals surface area contributed by atoms with Crippen LogP contribution in [-0.4, -0.2) is 16.8 Å². The molecule has 0 aliphatic heterocycles. The van der Waals surface area contributed by atoms with Crippen LogP contribution in [0.15, 0.2) is 16.6 Å². The van der Waals surface area contributed by atoms with Crippen molar-refractivity contribution in [2.45, 2.75) is 19.9 Å². The summed E-state index contributed by atoms with van der Waals surface area (Å²) in [5.41, 5.74) is 6.02. The summed E-state index contributed by atoms with van der Waals surface area (Å²) in [6.07, 6.45) is 0. The van der Waals surface area contributed by atoms with Crippen LogP contribution in [0.5, 0.6) is 5.75 Å². The third-order valence-corrected chi connectivity index (χ3v) is 3.39. The highest BCUT2D eigenvalue weighted by molar-refractivity contribution is 9.10. The molecule has 1 atom stereocenters. The number of benzene rings is 1. The van der Waals surface area contributed by atoms with Gasteiger partial charge in [0.15, 0.2) is 0 Å². The van der Waals surface area contributed by atoms with E-state index in [1.54, 1.807) is 12.1 Å². The zero-order valence-electron chi connectivity index (χ0n) is 9.58. The summed E-state index contributed by atoms with van der Waals surface area (Å²) in [7, 11) is 0. The van der Waals surface area contributed by atoms with Crippen molar-refractivity contribution in [3.05, 3.63) is 27.2 Å². The summed E-state index contributed by atoms with van der Waals surface area (Å²) < 4.78 is 0.745. The lowest BCUT2D eigenvalue weighted by molar-refractivity contribution is 0.131. The average Bonchev–Trinajstić information content (AvgIpc) is 2.22. The molecule has 0 saturated carbocycles. The summed E-state index contributed by atoms with van der Waals surface area (Å²) in [5.74, 6) is -0.0288. The van der Waals surface area contributed by atoms with Crippen molar-refractivity contribution < 1.29 is 10.2 Å². The summed E-state index contributed by atoms with van der Waals surface area (Å²) in [4.78, 5) is 0. The molecule has 1 aromatic rings. The van der Waals surface area contributed by atoms with Crippen LogP contribution < -0.4 is 5.73 Å². The van der Waals surface area contributed by atoms with Gasteiger partial charge in [0.2, 0.25) is 0 Å². The lowest BCUT2D eigenvalue weighted by Gasteiger charge is -2.30. The second-order valence-corrected chi connectivity index (χ2v) is 5.77. The van der Waals surface area contributed by atoms with Crippen LogP contribution >= 0.6 is 39.9 Å². The van der Waals surface area contributed by atoms with Crippen LogP contribution in [0.25, 0.3) is 0 Å². The lowest BCUT2D eigenvalue weighted by Crippen LogP contribution is -2.32. The number of hydrogen-bond acceptors (Lipinski definition) is 3. The molecule has 0 spiro atoms. The van der Waals surface area contributed by atoms with Crippen molar-refractivity contribution in [1.82, 2.24) is 0 Å². The summed E-state index contributed by atoms with van der Waals surface area (Å²) in [5, 5.41) is 19.3. The zero-order chi connectivity index (χ0) is 12.5. The van der Waals surface area contributed by atoms with Gasteiger partial charge in [-0.1, -0.05) is 41.4 Å². The van der Waals surface area contributed by atoms with E-state index in [2.05, 4.69) is 15.9 Å². The molecule has 0 aliphatic rings. The molecular formula is C11H16BrCl2NO2. The number of nitrogens with two attached hydrogens (primary N) is 1. The zero-order valence-corrected chi connectivity index (χ0v) is 12.7. The highest BCUT2D eigenvalue weighted by Crippen LogP contribution is 2.40. The molecule has 0 fully saturated rings. The van der Waals surface area contributed by atoms with Crippen LogP contribution in [-0.2, 0) is 0 Å². The first kappa shape index (κ1) is 17.0. The Labute approximate surface area is 121 Å². The fourth-order valence-electron chi connectivity index (χ4n) is 1.34. The third-order valence-electron chi connectivity index (χ3n) is 2.64. The Bertz CT molecular complexity index is 399. The normalized spacial score (nSPS) is 13.1. The van der Waals surface area contributed by atoms with E-state index >= 15 is 0 Å². The molecule has 6 heteroatoms. The van der Waals surface area contributed by atoms with E-state index in [4.69, 9.17) is 17.3 Å². The van der Waals surface area contributed by atoms with Crippen molar-refractivity contribution in [2.75, 3.05) is 6.61 Å². The predicted octanol–water partition coefficient (Wildman–Crippen LogP) is 3.25. The van der Waals surface area contributed by atoms with Gasteiger partial charge >= 0.3 is 0 Å². The van der Waals surface area contributed by atoms with Gasteiger partial charge in [0.05, 0.1) is 5.02 Å². The van der Waals surface area contributed by atoms with E-state index in [0.717, 1.165) is 4.47 Å². The number of phenolic OH excluding ortho intramolecular Hbond substituents is 1. The van der Waals surface area contributed by atoms with Crippen LogP contribution in [0.1, 0.15) is 25.5 Å². The number of rotatable bonds is 3. The van der Waals surface area contributed by atoms with Gasteiger partial charge in [0.25, 0.3) is 0 Å². The molecule has 0 radical (unpaired) electrons. The van der Waals surface area contributed by atoms with Gasteiger partial charge in [0.1, 0.15) is 5.75 Å². The minimum absolute atomic E-state index is 0. The highest BCUT2D eigenvalue weighted by atomic mass is 79.9. The van der Waals surface area contributed by atoms with E-state index in [9.17, 15) is 10.2 Å². The maximum Gasteiger partial charge on any atom is 0.139 e. The second kappa shape index (κ2) is 6.25. The van der Waals surface area contributed by atoms with Crippen molar-refractivity contribution in [3.8, 4) is 5.75 Å². The number of hydrogen-bond donors (Lipinski definition) is 3. The molecule has 3 nitrogen and oxygen atoms in total. The first-order chi connectivity index (χ1) is 7.29. The molecule has 0 bridgehead atoms. The molecule has 17 heavy (non-hydrogen) atoms. The molecular weight excluding hydrogens is 329 g/mol. The highest BCUT2D eigenvalue weighted by Gasteiger charge is 2.29. The van der Waals surface area contributed by atoms with Gasteiger partial charge in [-0.05, 0) is 12.1 Å². The number of aromatic hydroxyl groups is 1. The Hall–Kier alpha value is -0.000000000000000111. The number of aliphatic hydroxyl groups is 1. The molecule has 1 rings (SSSR count). The molecule has 0 aromatic heterocycles. The van der Waals surface area contributed by atoms with Gasteiger partial charge in [-0.3, -0.25) is 0 Å². The molecule has 0 unspecified atom stereocenters. The molecule has 0 amide bonds. The van der Waals surface area contributed by atoms with Crippen LogP contribution in [0.4, 0.5) is 0 Å². The van der Waals surface area contributed by atoms with E-state index in [1.807, 2.05) is 13.8 Å². The molecule has 0 aliphatic carbocycles. The van der Waals surface area contributed by atoms with Crippen LogP contribution in [0.3, 0.4) is 0 Å². The Morgan fingerprint density at radius 1 is 1.47 bits per heavy atom. The second-order valence-electron chi connectivity index (χ2n) is 4.45. The average molecular weight is 345 g/mol. The largest absolute Gasteiger partial charge is 0.506 e. The number of halogens is 3. The summed E-state index contributed by atoms with van der Waals surface area (Å²) >= 11 is 9.15. The molecule has 0 heterocycles. The first-order valence-electron chi connectivity index (χ1n) is 4.84. The maximum atomic E-state index is 9.84. The minimum atomic E-state index is -0.526. The fourth-order valence-corrected chi connectivity index (χ4v) is 2.18. The van der Waals surface area contributed by atoms with Crippen LogP contribution in [0.2, 0.25) is 5.02 Å². The topological polar surface area (TPSA) is 66.5 Å². The van der Waals surface area contributed by atoms with Crippen molar-refractivity contribution in [3.63, 3.8) is 0 Å². The quantitative estimate of drug-likeness (QED) is 0.788. The molecule has 1 aromatic carbocycles. The van der Waals surface area contributed by atoms with Gasteiger partial charge < -0.3 is 15.9 Å². The third kappa shape index (κ3) is 3.73. The van der Waals surface area contributed by atoms with Crippen molar-refractivity contribution >= 4 is 39.9 Å². The van der Waals surface area contributed by atoms with Gasteiger partial charge in [-0.2, -0.15) is 0 Å². The Balaban J connectivity index is 0.00000256. The predicted molar refractivity (Wildman–Crippen MR) is 75.9 cm³/mol. The van der Waals surface area contributed by atoms with Gasteiger partial charge in [-0.15, -0.1) is 12.4 Å². The van der Waals surface area contributed by atoms with E-state index in [1.165, 1.54) is 0 Å². The van der Waals surface area contributed by atoms with E-state index in [-0.39, 0.29) is 29.8 Å². The summed E-state index contributed by atoms with van der Waals surface area (Å²) in [6.45, 7) is 3.58. The first-order valence-corrected chi connectivity index (χ1v) is 6.01. The molecule has 4 N–H and O–H groups in total. The molecule has 0 saturated heterocycles. The Morgan fingerprint density at radius 3 is 2.47 bits per heavy atom. The monoisotopic (exact) mass is 343 g/mol. The van der Waals surface area contributed by atoms with Crippen molar-refractivity contribution in [1.29, 1.82) is 0 Å². The van der Waals surface area contributed by atoms with Crippen molar-refractivity contribution in [2.24, 2.45) is 11.1 Å². The molecule has 98 valence electrons.